The lowest BCUT2D eigenvalue weighted by atomic mass is 10.1. The zero-order valence-electron chi connectivity index (χ0n) is 11.7. The molecular weight excluding hydrogens is 248 g/mol. The summed E-state index contributed by atoms with van der Waals surface area (Å²) in [4.78, 5) is 25.6. The van der Waals surface area contributed by atoms with E-state index in [0.717, 1.165) is 0 Å². The number of H-pyrrole nitrogens is 1. The molecule has 0 saturated carbocycles. The van der Waals surface area contributed by atoms with Crippen molar-refractivity contribution < 1.29 is 14.3 Å². The molecule has 19 heavy (non-hydrogen) atoms. The number of hydrogen-bond acceptors (Lipinski definition) is 5. The van der Waals surface area contributed by atoms with Crippen molar-refractivity contribution in [2.75, 3.05) is 12.3 Å². The molecule has 0 amide bonds. The molecule has 1 aromatic rings. The second-order valence-corrected chi connectivity index (χ2v) is 5.07. The van der Waals surface area contributed by atoms with Gasteiger partial charge in [0.15, 0.2) is 0 Å². The number of anilines is 1. The summed E-state index contributed by atoms with van der Waals surface area (Å²) in [5.41, 5.74) is 5.50. The Bertz CT molecular complexity index is 514. The van der Waals surface area contributed by atoms with Crippen LogP contribution >= 0.6 is 0 Å². The fourth-order valence-corrected chi connectivity index (χ4v) is 1.49. The zero-order chi connectivity index (χ0) is 14.6. The Labute approximate surface area is 111 Å². The topological polar surface area (TPSA) is 94.4 Å². The van der Waals surface area contributed by atoms with Gasteiger partial charge in [0, 0.05) is 11.6 Å². The Morgan fingerprint density at radius 2 is 2.05 bits per heavy atom. The van der Waals surface area contributed by atoms with Gasteiger partial charge in [-0.05, 0) is 27.7 Å². The van der Waals surface area contributed by atoms with E-state index in [0.29, 0.717) is 5.56 Å². The van der Waals surface area contributed by atoms with E-state index in [-0.39, 0.29) is 35.8 Å². The van der Waals surface area contributed by atoms with E-state index in [1.54, 1.807) is 6.92 Å². The first-order chi connectivity index (χ1) is 8.74. The van der Waals surface area contributed by atoms with Crippen LogP contribution in [0.4, 0.5) is 5.82 Å². The number of esters is 1. The molecule has 0 radical (unpaired) electrons. The number of hydrogen-bond donors (Lipinski definition) is 2. The van der Waals surface area contributed by atoms with Crippen molar-refractivity contribution in [2.45, 2.75) is 39.9 Å². The molecule has 0 atom stereocenters. The van der Waals surface area contributed by atoms with Crippen LogP contribution in [0.3, 0.4) is 0 Å². The number of carbonyl (C=O) groups is 1. The number of nitrogens with two attached hydrogens (primary N) is 1. The number of aromatic amines is 1. The van der Waals surface area contributed by atoms with Crippen LogP contribution < -0.4 is 11.3 Å². The maximum Gasteiger partial charge on any atom is 0.342 e. The first-order valence-electron chi connectivity index (χ1n) is 6.07. The molecule has 0 aliphatic rings. The summed E-state index contributed by atoms with van der Waals surface area (Å²) in [7, 11) is 0. The molecule has 3 N–H and O–H groups in total. The Balaban J connectivity index is 3.13. The molecule has 0 aliphatic carbocycles. The fraction of sp³-hybridized carbons (Fsp3) is 0.538. The minimum atomic E-state index is -0.566. The fourth-order valence-electron chi connectivity index (χ4n) is 1.49. The van der Waals surface area contributed by atoms with Gasteiger partial charge in [0.25, 0.3) is 0 Å². The number of nitrogen functional groups attached to an aromatic ring is 1. The van der Waals surface area contributed by atoms with Gasteiger partial charge in [0.05, 0.1) is 18.8 Å². The minimum absolute atomic E-state index is 0.00143. The lowest BCUT2D eigenvalue weighted by molar-refractivity contribution is -0.0156. The second kappa shape index (κ2) is 5.88. The third kappa shape index (κ3) is 4.40. The van der Waals surface area contributed by atoms with Crippen molar-refractivity contribution in [1.29, 1.82) is 0 Å². The standard InChI is InChI=1S/C13H20N2O4/c1-5-18-12(17)10-8(7-19-13(2,3)4)6-9(16)15-11(10)14/h6H,5,7H2,1-4H3,(H3,14,15,16). The largest absolute Gasteiger partial charge is 0.462 e. The van der Waals surface area contributed by atoms with Crippen molar-refractivity contribution in [3.63, 3.8) is 0 Å². The normalized spacial score (nSPS) is 11.4. The van der Waals surface area contributed by atoms with Crippen LogP contribution in [0.25, 0.3) is 0 Å². The minimum Gasteiger partial charge on any atom is -0.462 e. The van der Waals surface area contributed by atoms with Crippen LogP contribution in [0.2, 0.25) is 0 Å². The Kier molecular flexibility index (Phi) is 4.72. The average molecular weight is 268 g/mol. The summed E-state index contributed by atoms with van der Waals surface area (Å²) in [6.45, 7) is 7.70. The molecule has 0 fully saturated rings. The lowest BCUT2D eigenvalue weighted by Crippen LogP contribution is -2.23. The summed E-state index contributed by atoms with van der Waals surface area (Å²) in [6.07, 6.45) is 0. The first kappa shape index (κ1) is 15.2. The van der Waals surface area contributed by atoms with E-state index in [9.17, 15) is 9.59 Å². The van der Waals surface area contributed by atoms with E-state index in [1.165, 1.54) is 6.07 Å². The van der Waals surface area contributed by atoms with E-state index >= 15 is 0 Å². The number of rotatable bonds is 4. The highest BCUT2D eigenvalue weighted by Gasteiger charge is 2.20. The Morgan fingerprint density at radius 3 is 2.58 bits per heavy atom. The van der Waals surface area contributed by atoms with Crippen molar-refractivity contribution in [1.82, 2.24) is 4.98 Å². The first-order valence-corrected chi connectivity index (χ1v) is 6.07. The molecule has 1 aromatic heterocycles. The predicted octanol–water partition coefficient (Wildman–Crippen LogP) is 1.45. The highest BCUT2D eigenvalue weighted by atomic mass is 16.5. The van der Waals surface area contributed by atoms with Gasteiger partial charge in [-0.3, -0.25) is 4.79 Å². The van der Waals surface area contributed by atoms with Crippen molar-refractivity contribution in [2.24, 2.45) is 0 Å². The molecule has 6 nitrogen and oxygen atoms in total. The molecule has 0 aliphatic heterocycles. The third-order valence-electron chi connectivity index (χ3n) is 2.29. The Morgan fingerprint density at radius 1 is 1.42 bits per heavy atom. The summed E-state index contributed by atoms with van der Waals surface area (Å²) in [6, 6.07) is 1.30. The molecule has 106 valence electrons. The predicted molar refractivity (Wildman–Crippen MR) is 72.0 cm³/mol. The highest BCUT2D eigenvalue weighted by Crippen LogP contribution is 2.18. The van der Waals surface area contributed by atoms with Gasteiger partial charge < -0.3 is 20.2 Å². The SMILES string of the molecule is CCOC(=O)c1c(COC(C)(C)C)cc(=O)[nH]c1N. The van der Waals surface area contributed by atoms with Crippen LogP contribution in [0.5, 0.6) is 0 Å². The van der Waals surface area contributed by atoms with Crippen molar-refractivity contribution >= 4 is 11.8 Å². The molecule has 6 heteroatoms. The molecule has 0 bridgehead atoms. The molecule has 0 unspecified atom stereocenters. The van der Waals surface area contributed by atoms with E-state index < -0.39 is 5.97 Å². The van der Waals surface area contributed by atoms with Gasteiger partial charge in [-0.2, -0.15) is 0 Å². The van der Waals surface area contributed by atoms with Crippen LogP contribution in [0.1, 0.15) is 43.6 Å². The summed E-state index contributed by atoms with van der Waals surface area (Å²) in [5, 5.41) is 0. The quantitative estimate of drug-likeness (QED) is 0.806. The summed E-state index contributed by atoms with van der Waals surface area (Å²) >= 11 is 0. The van der Waals surface area contributed by atoms with E-state index in [4.69, 9.17) is 15.2 Å². The molecular formula is C13H20N2O4. The van der Waals surface area contributed by atoms with Crippen molar-refractivity contribution in [3.8, 4) is 0 Å². The van der Waals surface area contributed by atoms with E-state index in [1.807, 2.05) is 20.8 Å². The van der Waals surface area contributed by atoms with Crippen LogP contribution in [0, 0.1) is 0 Å². The third-order valence-corrected chi connectivity index (χ3v) is 2.29. The number of ether oxygens (including phenoxy) is 2. The number of aromatic nitrogens is 1. The summed E-state index contributed by atoms with van der Waals surface area (Å²) < 4.78 is 10.5. The molecule has 0 spiro atoms. The highest BCUT2D eigenvalue weighted by molar-refractivity contribution is 5.95. The van der Waals surface area contributed by atoms with Crippen LogP contribution in [-0.2, 0) is 16.1 Å². The van der Waals surface area contributed by atoms with Crippen LogP contribution in [0.15, 0.2) is 10.9 Å². The number of pyridine rings is 1. The maximum absolute atomic E-state index is 11.8. The molecule has 0 saturated heterocycles. The van der Waals surface area contributed by atoms with Gasteiger partial charge in [0.2, 0.25) is 5.56 Å². The maximum atomic E-state index is 11.8. The number of nitrogens with one attached hydrogen (secondary N) is 1. The van der Waals surface area contributed by atoms with Gasteiger partial charge in [-0.25, -0.2) is 4.79 Å². The molecule has 0 aromatic carbocycles. The lowest BCUT2D eigenvalue weighted by Gasteiger charge is -2.20. The van der Waals surface area contributed by atoms with Gasteiger partial charge in [-0.15, -0.1) is 0 Å². The average Bonchev–Trinajstić information content (AvgIpc) is 2.24. The van der Waals surface area contributed by atoms with Gasteiger partial charge in [0.1, 0.15) is 11.4 Å². The number of carbonyl (C=O) groups excluding carboxylic acids is 1. The van der Waals surface area contributed by atoms with E-state index in [2.05, 4.69) is 4.98 Å². The van der Waals surface area contributed by atoms with Gasteiger partial charge in [-0.1, -0.05) is 0 Å². The monoisotopic (exact) mass is 268 g/mol. The van der Waals surface area contributed by atoms with Gasteiger partial charge >= 0.3 is 5.97 Å². The smallest absolute Gasteiger partial charge is 0.342 e. The summed E-state index contributed by atoms with van der Waals surface area (Å²) in [5.74, 6) is -0.567. The molecule has 1 rings (SSSR count). The second-order valence-electron chi connectivity index (χ2n) is 5.07. The van der Waals surface area contributed by atoms with Crippen LogP contribution in [-0.4, -0.2) is 23.2 Å². The molecule has 1 heterocycles. The Hall–Kier alpha value is -1.82. The zero-order valence-corrected chi connectivity index (χ0v) is 11.7. The van der Waals surface area contributed by atoms with Crippen molar-refractivity contribution in [3.05, 3.63) is 27.5 Å².